The van der Waals surface area contributed by atoms with Crippen LogP contribution in [0.3, 0.4) is 0 Å². The Morgan fingerprint density at radius 3 is 2.21 bits per heavy atom. The maximum absolute atomic E-state index is 11.0. The van der Waals surface area contributed by atoms with E-state index in [4.69, 9.17) is 16.3 Å². The smallest absolute Gasteiger partial charge is 0.211 e. The van der Waals surface area contributed by atoms with Crippen LogP contribution in [0.25, 0.3) is 0 Å². The van der Waals surface area contributed by atoms with Gasteiger partial charge in [-0.2, -0.15) is 0 Å². The molecular weight excluding hydrogens is 280 g/mol. The van der Waals surface area contributed by atoms with E-state index in [1.807, 2.05) is 42.5 Å². The lowest BCUT2D eigenvalue weighted by Crippen LogP contribution is -2.10. The molecule has 2 rings (SSSR count). The number of rotatable bonds is 5. The lowest BCUT2D eigenvalue weighted by atomic mass is 10.0. The number of halogens is 1. The molecule has 0 bridgehead atoms. The second-order valence-corrected chi connectivity index (χ2v) is 4.98. The number of hydrogen-bond acceptors (Lipinski definition) is 2. The van der Waals surface area contributed by atoms with Gasteiger partial charge < -0.3 is 4.74 Å². The fourth-order valence-electron chi connectivity index (χ4n) is 1.80. The molecule has 0 saturated carbocycles. The Kier molecular flexibility index (Phi) is 5.02. The van der Waals surface area contributed by atoms with Gasteiger partial charge in [0, 0.05) is 5.02 Å². The van der Waals surface area contributed by atoms with Crippen LogP contribution in [0, 0.1) is 0 Å². The summed E-state index contributed by atoms with van der Waals surface area (Å²) in [4.78, 5) is 11.0. The molecule has 19 heavy (non-hydrogen) atoms. The van der Waals surface area contributed by atoms with Gasteiger partial charge in [0.05, 0.1) is 0 Å². The van der Waals surface area contributed by atoms with Crippen molar-refractivity contribution >= 4 is 29.3 Å². The minimum Gasteiger partial charge on any atom is -0.360 e. The third-order valence-corrected chi connectivity index (χ3v) is 3.03. The first-order valence-corrected chi connectivity index (χ1v) is 6.63. The van der Waals surface area contributed by atoms with Gasteiger partial charge in [0.25, 0.3) is 0 Å². The minimum atomic E-state index is -0.297. The van der Waals surface area contributed by atoms with Gasteiger partial charge in [0.2, 0.25) is 5.12 Å². The third kappa shape index (κ3) is 4.10. The van der Waals surface area contributed by atoms with Gasteiger partial charge in [-0.15, -0.1) is 12.6 Å². The summed E-state index contributed by atoms with van der Waals surface area (Å²) in [5.74, 6) is 0. The molecule has 98 valence electrons. The molecule has 0 aliphatic rings. The Labute approximate surface area is 122 Å². The zero-order chi connectivity index (χ0) is 13.7. The summed E-state index contributed by atoms with van der Waals surface area (Å²) in [7, 11) is 0. The monoisotopic (exact) mass is 292 g/mol. The highest BCUT2D eigenvalue weighted by molar-refractivity contribution is 7.96. The Morgan fingerprint density at radius 1 is 1.05 bits per heavy atom. The average Bonchev–Trinajstić information content (AvgIpc) is 2.42. The van der Waals surface area contributed by atoms with Crippen molar-refractivity contribution in [3.63, 3.8) is 0 Å². The van der Waals surface area contributed by atoms with Crippen LogP contribution < -0.4 is 0 Å². The fraction of sp³-hybridized carbons (Fsp3) is 0.133. The van der Waals surface area contributed by atoms with E-state index in [-0.39, 0.29) is 17.8 Å². The van der Waals surface area contributed by atoms with Crippen molar-refractivity contribution in [1.82, 2.24) is 0 Å². The number of thiol groups is 1. The van der Waals surface area contributed by atoms with Gasteiger partial charge in [-0.3, -0.25) is 4.79 Å². The molecule has 4 heteroatoms. The van der Waals surface area contributed by atoms with Crippen LogP contribution in [-0.2, 0) is 9.53 Å². The Balaban J connectivity index is 2.28. The zero-order valence-electron chi connectivity index (χ0n) is 10.1. The molecule has 0 fully saturated rings. The minimum absolute atomic E-state index is 0.0364. The molecule has 2 aromatic rings. The summed E-state index contributed by atoms with van der Waals surface area (Å²) in [6, 6.07) is 17.1. The molecule has 0 heterocycles. The molecule has 2 nitrogen and oxygen atoms in total. The molecule has 1 atom stereocenters. The molecule has 2 aromatic carbocycles. The molecule has 0 radical (unpaired) electrons. The highest BCUT2D eigenvalue weighted by atomic mass is 35.5. The van der Waals surface area contributed by atoms with Crippen molar-refractivity contribution in [2.24, 2.45) is 0 Å². The van der Waals surface area contributed by atoms with Gasteiger partial charge in [0.1, 0.15) is 12.7 Å². The number of carbonyl (C=O) groups is 1. The van der Waals surface area contributed by atoms with E-state index in [2.05, 4.69) is 12.6 Å². The molecule has 0 saturated heterocycles. The second kappa shape index (κ2) is 6.75. The van der Waals surface area contributed by atoms with Crippen LogP contribution in [0.2, 0.25) is 5.02 Å². The lowest BCUT2D eigenvalue weighted by molar-refractivity contribution is -0.116. The van der Waals surface area contributed by atoms with Gasteiger partial charge in [-0.1, -0.05) is 54.1 Å². The fourth-order valence-corrected chi connectivity index (χ4v) is 2.01. The standard InChI is InChI=1S/C15H13ClO2S/c16-13-8-6-12(7-9-13)15(18-10-14(17)19)11-4-2-1-3-5-11/h1-9,15H,10H2,(H,17,19). The molecule has 0 aliphatic carbocycles. The Bertz CT molecular complexity index is 540. The molecule has 0 aliphatic heterocycles. The highest BCUT2D eigenvalue weighted by Gasteiger charge is 2.15. The lowest BCUT2D eigenvalue weighted by Gasteiger charge is -2.18. The zero-order valence-corrected chi connectivity index (χ0v) is 11.8. The van der Waals surface area contributed by atoms with E-state index in [0.717, 1.165) is 11.1 Å². The van der Waals surface area contributed by atoms with E-state index in [9.17, 15) is 4.79 Å². The van der Waals surface area contributed by atoms with Crippen LogP contribution in [0.15, 0.2) is 54.6 Å². The van der Waals surface area contributed by atoms with Crippen LogP contribution in [0.5, 0.6) is 0 Å². The third-order valence-electron chi connectivity index (χ3n) is 2.65. The second-order valence-electron chi connectivity index (χ2n) is 4.05. The van der Waals surface area contributed by atoms with E-state index in [0.29, 0.717) is 5.02 Å². The first kappa shape index (κ1) is 14.1. The molecular formula is C15H13ClO2S. The van der Waals surface area contributed by atoms with Crippen LogP contribution in [-0.4, -0.2) is 11.7 Å². The summed E-state index contributed by atoms with van der Waals surface area (Å²) in [6.07, 6.45) is -0.297. The summed E-state index contributed by atoms with van der Waals surface area (Å²) >= 11 is 9.61. The van der Waals surface area contributed by atoms with Crippen molar-refractivity contribution in [1.29, 1.82) is 0 Å². The van der Waals surface area contributed by atoms with Gasteiger partial charge >= 0.3 is 0 Å². The predicted molar refractivity (Wildman–Crippen MR) is 79.7 cm³/mol. The topological polar surface area (TPSA) is 26.3 Å². The molecule has 0 spiro atoms. The van der Waals surface area contributed by atoms with E-state index in [1.54, 1.807) is 12.1 Å². The van der Waals surface area contributed by atoms with Crippen LogP contribution in [0.1, 0.15) is 17.2 Å². The normalized spacial score (nSPS) is 12.1. The summed E-state index contributed by atoms with van der Waals surface area (Å²) in [5.41, 5.74) is 1.93. The van der Waals surface area contributed by atoms with Crippen LogP contribution >= 0.6 is 24.2 Å². The first-order chi connectivity index (χ1) is 9.16. The summed E-state index contributed by atoms with van der Waals surface area (Å²) in [5, 5.41) is 0.371. The highest BCUT2D eigenvalue weighted by Crippen LogP contribution is 2.27. The molecule has 0 aromatic heterocycles. The summed E-state index contributed by atoms with van der Waals surface area (Å²) in [6.45, 7) is -0.0364. The van der Waals surface area contributed by atoms with Crippen molar-refractivity contribution in [2.75, 3.05) is 6.61 Å². The maximum atomic E-state index is 11.0. The SMILES string of the molecule is O=C(S)COC(c1ccccc1)c1ccc(Cl)cc1. The Morgan fingerprint density at radius 2 is 1.63 bits per heavy atom. The summed E-state index contributed by atoms with van der Waals surface area (Å²) < 4.78 is 5.65. The quantitative estimate of drug-likeness (QED) is 0.846. The largest absolute Gasteiger partial charge is 0.360 e. The number of hydrogen-bond donors (Lipinski definition) is 1. The Hall–Kier alpha value is -1.29. The van der Waals surface area contributed by atoms with Gasteiger partial charge in [-0.25, -0.2) is 0 Å². The number of benzene rings is 2. The number of carbonyl (C=O) groups excluding carboxylic acids is 1. The van der Waals surface area contributed by atoms with Gasteiger partial charge in [0.15, 0.2) is 0 Å². The van der Waals surface area contributed by atoms with E-state index < -0.39 is 0 Å². The van der Waals surface area contributed by atoms with E-state index in [1.165, 1.54) is 0 Å². The van der Waals surface area contributed by atoms with Gasteiger partial charge in [-0.05, 0) is 23.3 Å². The van der Waals surface area contributed by atoms with Crippen molar-refractivity contribution in [3.05, 3.63) is 70.7 Å². The maximum Gasteiger partial charge on any atom is 0.211 e. The number of ether oxygens (including phenoxy) is 1. The predicted octanol–water partition coefficient (Wildman–Crippen LogP) is 3.90. The van der Waals surface area contributed by atoms with Crippen LogP contribution in [0.4, 0.5) is 0 Å². The van der Waals surface area contributed by atoms with E-state index >= 15 is 0 Å². The van der Waals surface area contributed by atoms with Crippen molar-refractivity contribution < 1.29 is 9.53 Å². The molecule has 0 amide bonds. The average molecular weight is 293 g/mol. The first-order valence-electron chi connectivity index (χ1n) is 5.80. The molecule has 0 N–H and O–H groups in total. The van der Waals surface area contributed by atoms with Crippen molar-refractivity contribution in [2.45, 2.75) is 6.10 Å². The molecule has 1 unspecified atom stereocenters. The van der Waals surface area contributed by atoms with Crippen molar-refractivity contribution in [3.8, 4) is 0 Å².